The molecule has 0 spiro atoms. The molecule has 25 heavy (non-hydrogen) atoms. The molecule has 0 fully saturated rings. The van der Waals surface area contributed by atoms with Gasteiger partial charge in [0.1, 0.15) is 11.7 Å². The number of amides is 3. The largest absolute Gasteiger partial charge is 0.368 e. The maximum Gasteiger partial charge on any atom is 0.268 e. The lowest BCUT2D eigenvalue weighted by Crippen LogP contribution is -2.47. The molecule has 138 valence electrons. The van der Waals surface area contributed by atoms with Gasteiger partial charge < -0.3 is 22.1 Å². The molecule has 0 saturated carbocycles. The van der Waals surface area contributed by atoms with E-state index < -0.39 is 23.8 Å². The third kappa shape index (κ3) is 8.71. The van der Waals surface area contributed by atoms with Crippen LogP contribution in [0.2, 0.25) is 0 Å². The zero-order valence-electron chi connectivity index (χ0n) is 13.9. The molecule has 0 radical (unpaired) electrons. The van der Waals surface area contributed by atoms with Crippen molar-refractivity contribution in [2.75, 3.05) is 18.6 Å². The van der Waals surface area contributed by atoms with E-state index in [1.165, 1.54) is 17.8 Å². The first-order valence-electron chi connectivity index (χ1n) is 7.33. The van der Waals surface area contributed by atoms with Crippen molar-refractivity contribution in [3.63, 3.8) is 0 Å². The molecular weight excluding hydrogens is 408 g/mol. The topological polar surface area (TPSA) is 127 Å². The number of benzene rings is 1. The SMILES string of the molecule is Br.CSCC[C@H](NC(=O)C(=Cc1ccccc1)NC(=O)CN)C(N)=O. The van der Waals surface area contributed by atoms with E-state index >= 15 is 0 Å². The molecule has 9 heteroatoms. The summed E-state index contributed by atoms with van der Waals surface area (Å²) in [5.74, 6) is -1.06. The number of carbonyl (C=O) groups is 3. The quantitative estimate of drug-likeness (QED) is 0.421. The predicted molar refractivity (Wildman–Crippen MR) is 106 cm³/mol. The normalized spacial score (nSPS) is 11.8. The van der Waals surface area contributed by atoms with E-state index in [9.17, 15) is 14.4 Å². The Kier molecular flexibility index (Phi) is 11.6. The molecule has 0 aliphatic rings. The summed E-state index contributed by atoms with van der Waals surface area (Å²) in [6, 6.07) is 8.19. The van der Waals surface area contributed by atoms with Crippen LogP contribution in [0.15, 0.2) is 36.0 Å². The van der Waals surface area contributed by atoms with Crippen LogP contribution >= 0.6 is 28.7 Å². The van der Waals surface area contributed by atoms with Crippen LogP contribution in [-0.4, -0.2) is 42.3 Å². The summed E-state index contributed by atoms with van der Waals surface area (Å²) >= 11 is 1.54. The Morgan fingerprint density at radius 2 is 1.88 bits per heavy atom. The van der Waals surface area contributed by atoms with E-state index in [4.69, 9.17) is 11.5 Å². The number of nitrogens with two attached hydrogens (primary N) is 2. The van der Waals surface area contributed by atoms with Gasteiger partial charge in [-0.1, -0.05) is 30.3 Å². The Hall–Kier alpha value is -1.84. The summed E-state index contributed by atoms with van der Waals surface area (Å²) in [5.41, 5.74) is 11.3. The Morgan fingerprint density at radius 1 is 1.24 bits per heavy atom. The minimum Gasteiger partial charge on any atom is -0.368 e. The lowest BCUT2D eigenvalue weighted by molar-refractivity contribution is -0.126. The molecule has 7 nitrogen and oxygen atoms in total. The molecule has 0 unspecified atom stereocenters. The molecule has 1 aromatic carbocycles. The van der Waals surface area contributed by atoms with E-state index in [-0.39, 0.29) is 29.2 Å². The fourth-order valence-corrected chi connectivity index (χ4v) is 2.30. The van der Waals surface area contributed by atoms with Gasteiger partial charge in [-0.05, 0) is 30.1 Å². The molecule has 1 aromatic rings. The van der Waals surface area contributed by atoms with E-state index in [2.05, 4.69) is 10.6 Å². The second kappa shape index (κ2) is 12.5. The standard InChI is InChI=1S/C16H22N4O3S.BrH/c1-24-8-7-12(15(18)22)20-16(23)13(19-14(21)10-17)9-11-5-3-2-4-6-11;/h2-6,9,12H,7-8,10,17H2,1H3,(H2,18,22)(H,19,21)(H,20,23);1H/t12-;/m0./s1. The van der Waals surface area contributed by atoms with Gasteiger partial charge in [0.2, 0.25) is 11.8 Å². The van der Waals surface area contributed by atoms with Crippen LogP contribution in [0.4, 0.5) is 0 Å². The number of thioether (sulfide) groups is 1. The number of carbonyl (C=O) groups excluding carboxylic acids is 3. The fourth-order valence-electron chi connectivity index (χ4n) is 1.83. The Balaban J connectivity index is 0.00000576. The first kappa shape index (κ1) is 23.2. The number of nitrogens with one attached hydrogen (secondary N) is 2. The smallest absolute Gasteiger partial charge is 0.268 e. The molecule has 6 N–H and O–H groups in total. The number of halogens is 1. The highest BCUT2D eigenvalue weighted by molar-refractivity contribution is 8.93. The molecular formula is C16H23BrN4O3S. The van der Waals surface area contributed by atoms with Gasteiger partial charge in [0, 0.05) is 0 Å². The molecule has 0 bridgehead atoms. The van der Waals surface area contributed by atoms with Gasteiger partial charge in [-0.25, -0.2) is 0 Å². The molecule has 0 heterocycles. The third-order valence-electron chi connectivity index (χ3n) is 3.07. The first-order valence-corrected chi connectivity index (χ1v) is 8.73. The van der Waals surface area contributed by atoms with Crippen LogP contribution in [0.5, 0.6) is 0 Å². The van der Waals surface area contributed by atoms with Crippen molar-refractivity contribution in [2.45, 2.75) is 12.5 Å². The minimum atomic E-state index is -0.807. The Bertz CT molecular complexity index is 611. The van der Waals surface area contributed by atoms with Gasteiger partial charge >= 0.3 is 0 Å². The number of hydrogen-bond acceptors (Lipinski definition) is 5. The van der Waals surface area contributed by atoms with Crippen molar-refractivity contribution < 1.29 is 14.4 Å². The third-order valence-corrected chi connectivity index (χ3v) is 3.72. The van der Waals surface area contributed by atoms with E-state index in [1.54, 1.807) is 24.3 Å². The Morgan fingerprint density at radius 3 is 2.40 bits per heavy atom. The van der Waals surface area contributed by atoms with Crippen molar-refractivity contribution >= 4 is 52.5 Å². The fraction of sp³-hybridized carbons (Fsp3) is 0.312. The summed E-state index contributed by atoms with van der Waals surface area (Å²) in [5, 5.41) is 4.99. The van der Waals surface area contributed by atoms with Crippen molar-refractivity contribution in [1.29, 1.82) is 0 Å². The van der Waals surface area contributed by atoms with Gasteiger partial charge in [0.25, 0.3) is 5.91 Å². The van der Waals surface area contributed by atoms with Gasteiger partial charge in [-0.2, -0.15) is 11.8 Å². The molecule has 1 rings (SSSR count). The van der Waals surface area contributed by atoms with Crippen LogP contribution in [0.1, 0.15) is 12.0 Å². The van der Waals surface area contributed by atoms with Crippen molar-refractivity contribution in [1.82, 2.24) is 10.6 Å². The molecule has 0 aromatic heterocycles. The lowest BCUT2D eigenvalue weighted by atomic mass is 10.1. The van der Waals surface area contributed by atoms with Crippen molar-refractivity contribution in [2.24, 2.45) is 11.5 Å². The summed E-state index contributed by atoms with van der Waals surface area (Å²) in [6.45, 7) is -0.259. The second-order valence-corrected chi connectivity index (χ2v) is 5.92. The average Bonchev–Trinajstić information content (AvgIpc) is 2.58. The van der Waals surface area contributed by atoms with E-state index in [1.807, 2.05) is 12.3 Å². The summed E-state index contributed by atoms with van der Waals surface area (Å²) in [6.07, 6.45) is 3.81. The van der Waals surface area contributed by atoms with Gasteiger partial charge in [0.05, 0.1) is 6.54 Å². The average molecular weight is 431 g/mol. The number of hydrogen-bond donors (Lipinski definition) is 4. The van der Waals surface area contributed by atoms with Crippen LogP contribution in [-0.2, 0) is 14.4 Å². The molecule has 3 amide bonds. The van der Waals surface area contributed by atoms with Crippen LogP contribution < -0.4 is 22.1 Å². The monoisotopic (exact) mass is 430 g/mol. The van der Waals surface area contributed by atoms with Crippen molar-refractivity contribution in [3.05, 3.63) is 41.6 Å². The highest BCUT2D eigenvalue weighted by Gasteiger charge is 2.20. The molecule has 1 atom stereocenters. The predicted octanol–water partition coefficient (Wildman–Crippen LogP) is 0.404. The lowest BCUT2D eigenvalue weighted by Gasteiger charge is -2.17. The zero-order valence-corrected chi connectivity index (χ0v) is 16.4. The minimum absolute atomic E-state index is 0. The number of primary amides is 1. The molecule has 0 saturated heterocycles. The van der Waals surface area contributed by atoms with Gasteiger partial charge in [-0.3, -0.25) is 14.4 Å². The number of rotatable bonds is 9. The summed E-state index contributed by atoms with van der Waals surface area (Å²) < 4.78 is 0. The van der Waals surface area contributed by atoms with Gasteiger partial charge in [0.15, 0.2) is 0 Å². The van der Waals surface area contributed by atoms with E-state index in [0.717, 1.165) is 5.56 Å². The zero-order chi connectivity index (χ0) is 17.9. The maximum absolute atomic E-state index is 12.4. The summed E-state index contributed by atoms with van der Waals surface area (Å²) in [4.78, 5) is 35.5. The molecule has 0 aliphatic heterocycles. The van der Waals surface area contributed by atoms with Gasteiger partial charge in [-0.15, -0.1) is 17.0 Å². The van der Waals surface area contributed by atoms with E-state index in [0.29, 0.717) is 12.2 Å². The Labute approximate surface area is 161 Å². The van der Waals surface area contributed by atoms with Crippen LogP contribution in [0, 0.1) is 0 Å². The summed E-state index contributed by atoms with van der Waals surface area (Å²) in [7, 11) is 0. The van der Waals surface area contributed by atoms with Crippen LogP contribution in [0.25, 0.3) is 6.08 Å². The maximum atomic E-state index is 12.4. The highest BCUT2D eigenvalue weighted by Crippen LogP contribution is 2.07. The highest BCUT2D eigenvalue weighted by atomic mass is 79.9. The first-order chi connectivity index (χ1) is 11.5. The molecule has 0 aliphatic carbocycles. The van der Waals surface area contributed by atoms with Crippen molar-refractivity contribution in [3.8, 4) is 0 Å². The second-order valence-electron chi connectivity index (χ2n) is 4.93. The van der Waals surface area contributed by atoms with Crippen LogP contribution in [0.3, 0.4) is 0 Å².